The molecule has 0 bridgehead atoms. The third kappa shape index (κ3) is 10.4. The normalized spacial score (nSPS) is 24.2. The second kappa shape index (κ2) is 16.9. The first-order valence-electron chi connectivity index (χ1n) is 14.0. The van der Waals surface area contributed by atoms with Gasteiger partial charge in [0.05, 0.1) is 19.1 Å². The number of nitrogens with zero attached hydrogens (tertiary/aromatic N) is 2. The smallest absolute Gasteiger partial charge is 0.368 e. The fourth-order valence-corrected chi connectivity index (χ4v) is 4.58. The predicted molar refractivity (Wildman–Crippen MR) is 161 cm³/mol. The summed E-state index contributed by atoms with van der Waals surface area (Å²) in [7, 11) is 2.16. The zero-order valence-corrected chi connectivity index (χ0v) is 26.1. The summed E-state index contributed by atoms with van der Waals surface area (Å²) in [6.07, 6.45) is 11.6. The Morgan fingerprint density at radius 2 is 1.68 bits per heavy atom. The second-order valence-electron chi connectivity index (χ2n) is 10.2. The fourth-order valence-electron chi connectivity index (χ4n) is 4.11. The van der Waals surface area contributed by atoms with Gasteiger partial charge in [0, 0.05) is 52.2 Å². The van der Waals surface area contributed by atoms with Gasteiger partial charge in [-0.15, -0.1) is 13.2 Å². The van der Waals surface area contributed by atoms with Gasteiger partial charge in [0.1, 0.15) is 22.0 Å². The molecule has 1 saturated heterocycles. The number of esters is 2. The van der Waals surface area contributed by atoms with Crippen molar-refractivity contribution in [2.24, 2.45) is 11.8 Å². The molecular weight excluding hydrogens is 591 g/mol. The van der Waals surface area contributed by atoms with E-state index in [1.807, 2.05) is 6.92 Å². The van der Waals surface area contributed by atoms with Gasteiger partial charge in [-0.1, -0.05) is 29.8 Å². The van der Waals surface area contributed by atoms with Gasteiger partial charge in [-0.05, 0) is 39.7 Å². The Morgan fingerprint density at radius 1 is 1.11 bits per heavy atom. The van der Waals surface area contributed by atoms with Crippen molar-refractivity contribution in [1.82, 2.24) is 14.9 Å². The number of carbonyl (C=O) groups is 3. The number of aryl methyl sites for hydroxylation is 1. The van der Waals surface area contributed by atoms with E-state index in [-0.39, 0.29) is 22.7 Å². The monoisotopic (exact) mass is 634 g/mol. The molecule has 0 unspecified atom stereocenters. The molecule has 2 saturated carbocycles. The molecule has 3 fully saturated rings. The molecule has 4 atom stereocenters. The summed E-state index contributed by atoms with van der Waals surface area (Å²) >= 11 is 0. The Labute approximate surface area is 261 Å². The number of hydrogen-bond acceptors (Lipinski definition) is 10. The highest BCUT2D eigenvalue weighted by molar-refractivity contribution is 7.85. The van der Waals surface area contributed by atoms with Crippen molar-refractivity contribution in [3.05, 3.63) is 73.9 Å². The molecule has 1 amide bonds. The van der Waals surface area contributed by atoms with E-state index in [0.717, 1.165) is 25.2 Å². The SMILES string of the molecule is C1CCOC1.C=C[C@@H]1C[C@]1(NC(=O)n1ccnc1)C(=O)OC.C=C[C@@H]1C[C@]1([NH3+])C(=O)OC.Cc1ccc(S(=O)(=O)[O-])cc1.[3H][B]. The number of nitrogens with one attached hydrogen (secondary N) is 1. The van der Waals surface area contributed by atoms with Crippen LogP contribution in [-0.2, 0) is 33.9 Å². The highest BCUT2D eigenvalue weighted by Crippen LogP contribution is 2.45. The number of ether oxygens (including phenoxy) is 3. The van der Waals surface area contributed by atoms with E-state index in [0.29, 0.717) is 6.42 Å². The molecule has 1 aromatic carbocycles. The van der Waals surface area contributed by atoms with Gasteiger partial charge in [0.15, 0.2) is 5.54 Å². The van der Waals surface area contributed by atoms with E-state index in [1.165, 1.54) is 62.5 Å². The quantitative estimate of drug-likeness (QED) is 0.200. The number of rotatable bonds is 6. The van der Waals surface area contributed by atoms with Crippen molar-refractivity contribution in [2.75, 3.05) is 27.4 Å². The Kier molecular flexibility index (Phi) is 14.0. The molecule has 1 aromatic heterocycles. The van der Waals surface area contributed by atoms with Crippen molar-refractivity contribution in [3.63, 3.8) is 0 Å². The molecule has 2 heterocycles. The lowest BCUT2D eigenvalue weighted by Gasteiger charge is -2.16. The average Bonchev–Trinajstić information content (AvgIpc) is 3.60. The highest BCUT2D eigenvalue weighted by atomic mass is 32.2. The van der Waals surface area contributed by atoms with Crippen LogP contribution >= 0.6 is 0 Å². The Balaban J connectivity index is 0.000000315. The van der Waals surface area contributed by atoms with Crippen molar-refractivity contribution < 1.29 is 47.3 Å². The summed E-state index contributed by atoms with van der Waals surface area (Å²) in [5, 5.41) is 2.66. The largest absolute Gasteiger partial charge is 0.744 e. The van der Waals surface area contributed by atoms with Crippen LogP contribution in [0.3, 0.4) is 0 Å². The molecule has 2 aliphatic carbocycles. The molecule has 44 heavy (non-hydrogen) atoms. The first kappa shape index (κ1) is 36.4. The third-order valence-corrected chi connectivity index (χ3v) is 7.91. The molecule has 2 aromatic rings. The van der Waals surface area contributed by atoms with Crippen LogP contribution in [0, 0.1) is 18.8 Å². The summed E-state index contributed by atoms with van der Waals surface area (Å²) < 4.78 is 51.9. The van der Waals surface area contributed by atoms with E-state index >= 15 is 0 Å². The minimum Gasteiger partial charge on any atom is -0.744 e. The maximum Gasteiger partial charge on any atom is 0.368 e. The third-order valence-electron chi connectivity index (χ3n) is 7.07. The molecule has 15 heteroatoms. The van der Waals surface area contributed by atoms with Gasteiger partial charge in [0.25, 0.3) is 0 Å². The van der Waals surface area contributed by atoms with Crippen LogP contribution < -0.4 is 11.1 Å². The molecule has 4 N–H and O–H groups in total. The van der Waals surface area contributed by atoms with Crippen LogP contribution in [0.15, 0.2) is 73.2 Å². The Bertz CT molecular complexity index is 1360. The average molecular weight is 635 g/mol. The lowest BCUT2D eigenvalue weighted by Crippen LogP contribution is -2.69. The summed E-state index contributed by atoms with van der Waals surface area (Å²) in [5.74, 6) is -0.532. The maximum absolute atomic E-state index is 11.8. The molecule has 13 nitrogen and oxygen atoms in total. The minimum absolute atomic E-state index is 0.0811. The van der Waals surface area contributed by atoms with E-state index in [9.17, 15) is 27.4 Å². The number of quaternary nitrogens is 1. The number of hydrogen-bond donors (Lipinski definition) is 2. The van der Waals surface area contributed by atoms with Crippen LogP contribution in [0.2, 0.25) is 0 Å². The van der Waals surface area contributed by atoms with Crippen LogP contribution in [0.5, 0.6) is 0 Å². The summed E-state index contributed by atoms with van der Waals surface area (Å²) in [4.78, 5) is 38.0. The first-order chi connectivity index (χ1) is 21.3. The van der Waals surface area contributed by atoms with Crippen LogP contribution in [-0.4, -0.2) is 88.7 Å². The van der Waals surface area contributed by atoms with Crippen LogP contribution in [0.25, 0.3) is 0 Å². The van der Waals surface area contributed by atoms with Gasteiger partial charge < -0.3 is 29.8 Å². The minimum atomic E-state index is -4.27. The first-order valence-corrected chi connectivity index (χ1v) is 14.9. The lowest BCUT2D eigenvalue weighted by molar-refractivity contribution is -0.428. The number of carbonyl (C=O) groups excluding carboxylic acids is 3. The zero-order valence-electron chi connectivity index (χ0n) is 26.3. The van der Waals surface area contributed by atoms with Crippen molar-refractivity contribution >= 4 is 36.5 Å². The summed E-state index contributed by atoms with van der Waals surface area (Å²) in [6.45, 7) is 11.0. The van der Waals surface area contributed by atoms with Gasteiger partial charge in [-0.3, -0.25) is 4.57 Å². The summed E-state index contributed by atoms with van der Waals surface area (Å²) in [6, 6.07) is 5.38. The van der Waals surface area contributed by atoms with Gasteiger partial charge in [-0.25, -0.2) is 27.8 Å². The highest BCUT2D eigenvalue weighted by Gasteiger charge is 2.62. The zero-order chi connectivity index (χ0) is 34.3. The maximum atomic E-state index is 11.8. The number of methoxy groups -OCH3 is 2. The predicted octanol–water partition coefficient (Wildman–Crippen LogP) is 0.952. The Hall–Kier alpha value is -3.79. The number of imidazole rings is 1. The molecule has 5 rings (SSSR count). The van der Waals surface area contributed by atoms with Crippen LogP contribution in [0.4, 0.5) is 4.79 Å². The van der Waals surface area contributed by atoms with Crippen LogP contribution in [0.1, 0.15) is 31.2 Å². The van der Waals surface area contributed by atoms with Crippen molar-refractivity contribution in [3.8, 4) is 0 Å². The van der Waals surface area contributed by atoms with Gasteiger partial charge >= 0.3 is 18.0 Å². The molecule has 240 valence electrons. The van der Waals surface area contributed by atoms with Gasteiger partial charge in [-0.2, -0.15) is 0 Å². The molecule has 0 spiro atoms. The van der Waals surface area contributed by atoms with Gasteiger partial charge in [0.2, 0.25) is 0 Å². The Morgan fingerprint density at radius 3 is 2.05 bits per heavy atom. The fraction of sp³-hybridized carbons (Fsp3) is 0.448. The second-order valence-corrected chi connectivity index (χ2v) is 11.6. The lowest BCUT2D eigenvalue weighted by atomic mass is 10.2. The number of benzene rings is 1. The number of amides is 1. The standard InChI is InChI=1S/C11H13N3O3.C7H11NO2.C7H8O3S.C4H8O.BH/c1-3-8-6-11(8,9(15)17-2)13-10(16)14-5-4-12-7-14;1-3-5-4-7(5,8)6(9)10-2;1-6-2-4-7(5-3-6)11(8,9)10;1-2-4-5-3-1;/h3-5,7-8H,1,6H2,2H3,(H,13,16);3,5H,1,4,8H2,2H3;2-5H,1H3,(H,8,9,10);1-4H2;1H/t8-,11-;5-,7-;;;/m11.../s1/i;;;;1T. The van der Waals surface area contributed by atoms with E-state index in [4.69, 9.17) is 10.8 Å². The molecule has 2 radical (unpaired) electrons. The van der Waals surface area contributed by atoms with E-state index in [2.05, 4.69) is 42.3 Å². The topological polar surface area (TPSA) is 194 Å². The van der Waals surface area contributed by atoms with E-state index in [1.54, 1.807) is 24.3 Å². The molecule has 3 aliphatic rings. The summed E-state index contributed by atoms with van der Waals surface area (Å²) in [5.41, 5.74) is 3.22. The van der Waals surface area contributed by atoms with E-state index < -0.39 is 33.2 Å². The van der Waals surface area contributed by atoms with Crippen molar-refractivity contribution in [2.45, 2.75) is 48.6 Å². The van der Waals surface area contributed by atoms with Crippen molar-refractivity contribution in [1.29, 1.82) is 1.34 Å². The molecule has 1 aliphatic heterocycles. The molecular formula is C29H41BN4O9S. The number of aromatic nitrogens is 2.